The van der Waals surface area contributed by atoms with E-state index >= 15 is 0 Å². The van der Waals surface area contributed by atoms with E-state index in [2.05, 4.69) is 22.3 Å². The van der Waals surface area contributed by atoms with Gasteiger partial charge in [-0.2, -0.15) is 4.98 Å². The predicted octanol–water partition coefficient (Wildman–Crippen LogP) is 1.38. The van der Waals surface area contributed by atoms with E-state index in [9.17, 15) is 9.59 Å². The number of amides is 2. The SMILES string of the molecule is CCc1noc(CCC(=O)N2CCOC(C(=O)N3CCc4ccccc4C3)C2)n1. The van der Waals surface area contributed by atoms with Gasteiger partial charge in [-0.15, -0.1) is 0 Å². The molecule has 1 aromatic heterocycles. The minimum atomic E-state index is -0.604. The van der Waals surface area contributed by atoms with Gasteiger partial charge in [-0.25, -0.2) is 0 Å². The number of aromatic nitrogens is 2. The van der Waals surface area contributed by atoms with Crippen LogP contribution in [0.4, 0.5) is 0 Å². The smallest absolute Gasteiger partial charge is 0.253 e. The molecule has 3 heterocycles. The average Bonchev–Trinajstić information content (AvgIpc) is 3.25. The van der Waals surface area contributed by atoms with E-state index in [-0.39, 0.29) is 18.2 Å². The van der Waals surface area contributed by atoms with Crippen LogP contribution >= 0.6 is 0 Å². The summed E-state index contributed by atoms with van der Waals surface area (Å²) in [5.74, 6) is 1.06. The highest BCUT2D eigenvalue weighted by Gasteiger charge is 2.33. The van der Waals surface area contributed by atoms with Gasteiger partial charge in [-0.3, -0.25) is 9.59 Å². The van der Waals surface area contributed by atoms with Gasteiger partial charge in [0.1, 0.15) is 0 Å². The predicted molar refractivity (Wildman–Crippen MR) is 104 cm³/mol. The molecule has 2 aliphatic heterocycles. The van der Waals surface area contributed by atoms with Crippen LogP contribution in [-0.2, 0) is 40.1 Å². The Morgan fingerprint density at radius 3 is 2.79 bits per heavy atom. The van der Waals surface area contributed by atoms with Gasteiger partial charge in [0.15, 0.2) is 11.9 Å². The first-order valence-corrected chi connectivity index (χ1v) is 10.2. The van der Waals surface area contributed by atoms with Gasteiger partial charge in [0.2, 0.25) is 11.8 Å². The quantitative estimate of drug-likeness (QED) is 0.756. The third-order valence-corrected chi connectivity index (χ3v) is 5.52. The number of hydrogen-bond acceptors (Lipinski definition) is 6. The summed E-state index contributed by atoms with van der Waals surface area (Å²) in [4.78, 5) is 33.4. The molecule has 1 fully saturated rings. The maximum Gasteiger partial charge on any atom is 0.253 e. The van der Waals surface area contributed by atoms with Gasteiger partial charge >= 0.3 is 0 Å². The highest BCUT2D eigenvalue weighted by Crippen LogP contribution is 2.20. The second-order valence-electron chi connectivity index (χ2n) is 7.44. The summed E-state index contributed by atoms with van der Waals surface area (Å²) >= 11 is 0. The molecular weight excluding hydrogens is 372 g/mol. The van der Waals surface area contributed by atoms with Crippen molar-refractivity contribution < 1.29 is 18.8 Å². The Bertz CT molecular complexity index is 881. The molecule has 1 atom stereocenters. The molecule has 0 N–H and O–H groups in total. The minimum absolute atomic E-state index is 0.0219. The van der Waals surface area contributed by atoms with Crippen LogP contribution in [-0.4, -0.2) is 64.1 Å². The van der Waals surface area contributed by atoms with Crippen molar-refractivity contribution in [3.63, 3.8) is 0 Å². The monoisotopic (exact) mass is 398 g/mol. The third kappa shape index (κ3) is 4.48. The Balaban J connectivity index is 1.31. The van der Waals surface area contributed by atoms with Crippen LogP contribution in [0.25, 0.3) is 0 Å². The molecule has 8 heteroatoms. The number of ether oxygens (including phenoxy) is 1. The zero-order valence-electron chi connectivity index (χ0n) is 16.7. The second kappa shape index (κ2) is 8.73. The molecule has 2 aliphatic rings. The summed E-state index contributed by atoms with van der Waals surface area (Å²) in [6, 6.07) is 8.20. The summed E-state index contributed by atoms with van der Waals surface area (Å²) in [7, 11) is 0. The van der Waals surface area contributed by atoms with Gasteiger partial charge < -0.3 is 19.1 Å². The molecule has 0 aliphatic carbocycles. The minimum Gasteiger partial charge on any atom is -0.365 e. The van der Waals surface area contributed by atoms with E-state index in [1.807, 2.05) is 24.0 Å². The second-order valence-corrected chi connectivity index (χ2v) is 7.44. The van der Waals surface area contributed by atoms with Crippen LogP contribution in [0.1, 0.15) is 36.2 Å². The molecular formula is C21H26N4O4. The first kappa shape index (κ1) is 19.6. The molecule has 0 bridgehead atoms. The third-order valence-electron chi connectivity index (χ3n) is 5.52. The van der Waals surface area contributed by atoms with Crippen LogP contribution in [0.2, 0.25) is 0 Å². The molecule has 0 spiro atoms. The highest BCUT2D eigenvalue weighted by molar-refractivity contribution is 5.83. The van der Waals surface area contributed by atoms with Crippen molar-refractivity contribution in [2.75, 3.05) is 26.2 Å². The van der Waals surface area contributed by atoms with Crippen molar-refractivity contribution >= 4 is 11.8 Å². The molecule has 154 valence electrons. The van der Waals surface area contributed by atoms with Gasteiger partial charge in [0.25, 0.3) is 5.91 Å². The van der Waals surface area contributed by atoms with Gasteiger partial charge in [0, 0.05) is 38.9 Å². The average molecular weight is 398 g/mol. The molecule has 2 amide bonds. The maximum absolute atomic E-state index is 13.0. The lowest BCUT2D eigenvalue weighted by Gasteiger charge is -2.36. The van der Waals surface area contributed by atoms with Crippen molar-refractivity contribution in [1.29, 1.82) is 0 Å². The molecule has 4 rings (SSSR count). The number of carbonyl (C=O) groups excluding carboxylic acids is 2. The lowest BCUT2D eigenvalue weighted by Crippen LogP contribution is -2.53. The molecule has 29 heavy (non-hydrogen) atoms. The van der Waals surface area contributed by atoms with E-state index in [0.717, 1.165) is 6.42 Å². The highest BCUT2D eigenvalue weighted by atomic mass is 16.5. The largest absolute Gasteiger partial charge is 0.365 e. The molecule has 1 aromatic carbocycles. The summed E-state index contributed by atoms with van der Waals surface area (Å²) in [5.41, 5.74) is 2.48. The van der Waals surface area contributed by atoms with Crippen molar-refractivity contribution in [2.45, 2.75) is 45.3 Å². The molecule has 0 saturated carbocycles. The Kier molecular flexibility index (Phi) is 5.89. The Morgan fingerprint density at radius 1 is 1.17 bits per heavy atom. The Morgan fingerprint density at radius 2 is 2.00 bits per heavy atom. The van der Waals surface area contributed by atoms with E-state index in [4.69, 9.17) is 9.26 Å². The zero-order chi connectivity index (χ0) is 20.2. The Labute approximate surface area is 169 Å². The number of fused-ring (bicyclic) bond motifs is 1. The molecule has 8 nitrogen and oxygen atoms in total. The molecule has 0 radical (unpaired) electrons. The Hall–Kier alpha value is -2.74. The fourth-order valence-electron chi connectivity index (χ4n) is 3.82. The number of benzene rings is 1. The topological polar surface area (TPSA) is 88.8 Å². The molecule has 1 unspecified atom stereocenters. The van der Waals surface area contributed by atoms with Crippen LogP contribution in [0, 0.1) is 0 Å². The molecule has 1 saturated heterocycles. The first-order chi connectivity index (χ1) is 14.1. The van der Waals surface area contributed by atoms with Crippen LogP contribution in [0.5, 0.6) is 0 Å². The van der Waals surface area contributed by atoms with Crippen molar-refractivity contribution in [2.24, 2.45) is 0 Å². The normalized spacial score (nSPS) is 19.1. The van der Waals surface area contributed by atoms with Crippen LogP contribution < -0.4 is 0 Å². The first-order valence-electron chi connectivity index (χ1n) is 10.2. The number of rotatable bonds is 5. The number of hydrogen-bond donors (Lipinski definition) is 0. The number of nitrogens with zero attached hydrogens (tertiary/aromatic N) is 4. The summed E-state index contributed by atoms with van der Waals surface area (Å²) < 4.78 is 10.9. The van der Waals surface area contributed by atoms with Crippen molar-refractivity contribution in [3.8, 4) is 0 Å². The summed E-state index contributed by atoms with van der Waals surface area (Å²) in [6.07, 6.45) is 1.63. The lowest BCUT2D eigenvalue weighted by molar-refractivity contribution is -0.155. The molecule has 2 aromatic rings. The van der Waals surface area contributed by atoms with Gasteiger partial charge in [-0.05, 0) is 17.5 Å². The fourth-order valence-corrected chi connectivity index (χ4v) is 3.82. The van der Waals surface area contributed by atoms with Crippen molar-refractivity contribution in [1.82, 2.24) is 19.9 Å². The van der Waals surface area contributed by atoms with Gasteiger partial charge in [0.05, 0.1) is 13.2 Å². The van der Waals surface area contributed by atoms with E-state index < -0.39 is 6.10 Å². The van der Waals surface area contributed by atoms with E-state index in [1.165, 1.54) is 11.1 Å². The van der Waals surface area contributed by atoms with E-state index in [1.54, 1.807) is 4.90 Å². The van der Waals surface area contributed by atoms with Crippen LogP contribution in [0.15, 0.2) is 28.8 Å². The van der Waals surface area contributed by atoms with Gasteiger partial charge in [-0.1, -0.05) is 36.3 Å². The van der Waals surface area contributed by atoms with Crippen molar-refractivity contribution in [3.05, 3.63) is 47.1 Å². The lowest BCUT2D eigenvalue weighted by atomic mass is 9.99. The standard InChI is InChI=1S/C21H26N4O4/c1-2-18-22-19(29-23-18)7-8-20(26)24-11-12-28-17(14-24)21(27)25-10-9-15-5-3-4-6-16(15)13-25/h3-6,17H,2,7-14H2,1H3. The van der Waals surface area contributed by atoms with E-state index in [0.29, 0.717) is 57.3 Å². The fraction of sp³-hybridized carbons (Fsp3) is 0.524. The maximum atomic E-state index is 13.0. The number of morpholine rings is 1. The summed E-state index contributed by atoms with van der Waals surface area (Å²) in [5, 5.41) is 3.85. The number of aryl methyl sites for hydroxylation is 2. The number of carbonyl (C=O) groups is 2. The zero-order valence-corrected chi connectivity index (χ0v) is 16.7. The van der Waals surface area contributed by atoms with Crippen LogP contribution in [0.3, 0.4) is 0 Å². The summed E-state index contributed by atoms with van der Waals surface area (Å²) in [6.45, 7) is 4.38.